The second-order valence-corrected chi connectivity index (χ2v) is 7.96. The van der Waals surface area contributed by atoms with Crippen LogP contribution in [0.2, 0.25) is 0 Å². The molecule has 29 heavy (non-hydrogen) atoms. The van der Waals surface area contributed by atoms with Crippen molar-refractivity contribution in [3.63, 3.8) is 0 Å². The number of hydroxylamine groups is 1. The highest BCUT2D eigenvalue weighted by Crippen LogP contribution is 2.22. The van der Waals surface area contributed by atoms with Gasteiger partial charge >= 0.3 is 0 Å². The van der Waals surface area contributed by atoms with E-state index in [9.17, 15) is 9.59 Å². The fourth-order valence-electron chi connectivity index (χ4n) is 4.14. The molecule has 0 atom stereocenters. The summed E-state index contributed by atoms with van der Waals surface area (Å²) in [6.45, 7) is 3.02. The van der Waals surface area contributed by atoms with Gasteiger partial charge in [0.05, 0.1) is 6.54 Å². The van der Waals surface area contributed by atoms with Crippen molar-refractivity contribution in [2.24, 2.45) is 5.92 Å². The Bertz CT molecular complexity index is 796. The average molecular weight is 401 g/mol. The third kappa shape index (κ3) is 6.58. The third-order valence-corrected chi connectivity index (χ3v) is 5.84. The zero-order chi connectivity index (χ0) is 20.5. The van der Waals surface area contributed by atoms with Crippen molar-refractivity contribution in [3.8, 4) is 0 Å². The number of nitrogens with one attached hydrogen (secondary N) is 3. The predicted octanol–water partition coefficient (Wildman–Crippen LogP) is 2.60. The molecular weight excluding hydrogens is 368 g/mol. The first-order valence-electron chi connectivity index (χ1n) is 10.6. The molecule has 0 radical (unpaired) electrons. The fourth-order valence-corrected chi connectivity index (χ4v) is 4.14. The first kappa shape index (κ1) is 21.3. The molecule has 1 aliphatic rings. The number of aryl methyl sites for hydroxylation is 1. The summed E-state index contributed by atoms with van der Waals surface area (Å²) in [5.41, 5.74) is 4.13. The number of benzene rings is 1. The number of fused-ring (bicyclic) bond motifs is 1. The van der Waals surface area contributed by atoms with E-state index in [4.69, 9.17) is 5.21 Å². The number of hydrogen-bond acceptors (Lipinski definition) is 4. The Morgan fingerprint density at radius 2 is 1.93 bits per heavy atom. The number of carbonyl (C=O) groups excluding carboxylic acids is 2. The smallest absolute Gasteiger partial charge is 0.243 e. The van der Waals surface area contributed by atoms with Gasteiger partial charge in [0, 0.05) is 30.1 Å². The van der Waals surface area contributed by atoms with E-state index in [1.807, 2.05) is 6.07 Å². The molecule has 2 aromatic rings. The van der Waals surface area contributed by atoms with Gasteiger partial charge in [-0.25, -0.2) is 5.48 Å². The van der Waals surface area contributed by atoms with Gasteiger partial charge in [-0.1, -0.05) is 18.2 Å². The maximum atomic E-state index is 12.2. The molecule has 1 aromatic heterocycles. The lowest BCUT2D eigenvalue weighted by Crippen LogP contribution is -2.41. The number of H-pyrrole nitrogens is 1. The number of piperidine rings is 1. The molecule has 1 aromatic carbocycles. The summed E-state index contributed by atoms with van der Waals surface area (Å²) >= 11 is 0. The van der Waals surface area contributed by atoms with Crippen LogP contribution in [0.1, 0.15) is 44.1 Å². The molecule has 7 heteroatoms. The number of aromatic nitrogens is 1. The number of likely N-dealkylation sites (tertiary alicyclic amines) is 1. The topological polar surface area (TPSA) is 97.5 Å². The first-order chi connectivity index (χ1) is 14.2. The number of carbonyl (C=O) groups is 2. The van der Waals surface area contributed by atoms with Gasteiger partial charge in [-0.3, -0.25) is 19.7 Å². The van der Waals surface area contributed by atoms with E-state index in [1.165, 1.54) is 10.9 Å². The summed E-state index contributed by atoms with van der Waals surface area (Å²) in [6.07, 6.45) is 8.24. The molecule has 1 saturated heterocycles. The van der Waals surface area contributed by atoms with E-state index >= 15 is 0 Å². The Morgan fingerprint density at radius 3 is 2.72 bits per heavy atom. The van der Waals surface area contributed by atoms with Crippen molar-refractivity contribution in [3.05, 3.63) is 36.0 Å². The van der Waals surface area contributed by atoms with E-state index in [0.717, 1.165) is 57.1 Å². The third-order valence-electron chi connectivity index (χ3n) is 5.84. The van der Waals surface area contributed by atoms with E-state index in [-0.39, 0.29) is 11.8 Å². The molecule has 0 spiro atoms. The van der Waals surface area contributed by atoms with Gasteiger partial charge in [0.15, 0.2) is 0 Å². The highest BCUT2D eigenvalue weighted by Gasteiger charge is 2.20. The maximum Gasteiger partial charge on any atom is 0.243 e. The van der Waals surface area contributed by atoms with Gasteiger partial charge in [0.25, 0.3) is 0 Å². The molecule has 0 unspecified atom stereocenters. The Balaban J connectivity index is 1.27. The largest absolute Gasteiger partial charge is 0.361 e. The maximum absolute atomic E-state index is 12.2. The highest BCUT2D eigenvalue weighted by atomic mass is 16.5. The minimum atomic E-state index is -0.316. The number of hydrogen-bond donors (Lipinski definition) is 4. The molecule has 4 N–H and O–H groups in total. The Morgan fingerprint density at radius 1 is 1.14 bits per heavy atom. The van der Waals surface area contributed by atoms with E-state index in [1.54, 1.807) is 5.48 Å². The summed E-state index contributed by atoms with van der Waals surface area (Å²) in [6, 6.07) is 8.29. The quantitative estimate of drug-likeness (QED) is 0.280. The van der Waals surface area contributed by atoms with Crippen LogP contribution in [0.4, 0.5) is 0 Å². The van der Waals surface area contributed by atoms with Crippen molar-refractivity contribution < 1.29 is 14.8 Å². The molecule has 7 nitrogen and oxygen atoms in total. The van der Waals surface area contributed by atoms with Crippen LogP contribution >= 0.6 is 0 Å². The lowest BCUT2D eigenvalue weighted by atomic mass is 9.91. The van der Waals surface area contributed by atoms with Gasteiger partial charge in [-0.2, -0.15) is 0 Å². The van der Waals surface area contributed by atoms with Crippen molar-refractivity contribution >= 4 is 22.7 Å². The summed E-state index contributed by atoms with van der Waals surface area (Å²) in [7, 11) is 0. The number of para-hydroxylation sites is 1. The second-order valence-electron chi connectivity index (χ2n) is 7.96. The van der Waals surface area contributed by atoms with E-state index < -0.39 is 0 Å². The van der Waals surface area contributed by atoms with Crippen LogP contribution in [-0.4, -0.2) is 53.1 Å². The van der Waals surface area contributed by atoms with Gasteiger partial charge in [0.2, 0.25) is 11.8 Å². The molecule has 3 rings (SSSR count). The predicted molar refractivity (Wildman–Crippen MR) is 113 cm³/mol. The minimum Gasteiger partial charge on any atom is -0.361 e. The Hall–Kier alpha value is -2.38. The van der Waals surface area contributed by atoms with Gasteiger partial charge < -0.3 is 10.3 Å². The SMILES string of the molecule is O=C(CCCC1CCN(CC(=O)NCCCc2c[nH]c3ccccc23)CC1)NO. The fraction of sp³-hybridized carbons (Fsp3) is 0.545. The summed E-state index contributed by atoms with van der Waals surface area (Å²) < 4.78 is 0. The number of amides is 2. The molecule has 2 heterocycles. The van der Waals surface area contributed by atoms with Gasteiger partial charge in [-0.15, -0.1) is 0 Å². The van der Waals surface area contributed by atoms with Crippen molar-refractivity contribution in [1.82, 2.24) is 20.7 Å². The Kier molecular flexibility index (Phi) is 8.07. The van der Waals surface area contributed by atoms with Crippen LogP contribution in [-0.2, 0) is 16.0 Å². The molecular formula is C22H32N4O3. The van der Waals surface area contributed by atoms with Gasteiger partial charge in [-0.05, 0) is 69.2 Å². The molecule has 158 valence electrons. The van der Waals surface area contributed by atoms with E-state index in [0.29, 0.717) is 25.4 Å². The van der Waals surface area contributed by atoms with E-state index in [2.05, 4.69) is 39.6 Å². The zero-order valence-electron chi connectivity index (χ0n) is 17.0. The Labute approximate surface area is 171 Å². The minimum absolute atomic E-state index is 0.0991. The van der Waals surface area contributed by atoms with Crippen LogP contribution in [0.5, 0.6) is 0 Å². The standard InChI is InChI=1S/C22H32N4O3/c27-21(25-29)9-3-5-17-10-13-26(14-11-17)16-22(28)23-12-4-6-18-15-24-20-8-2-1-7-19(18)20/h1-2,7-8,15,17,24,29H,3-6,9-14,16H2,(H,23,28)(H,25,27). The number of aromatic amines is 1. The van der Waals surface area contributed by atoms with Crippen molar-refractivity contribution in [2.75, 3.05) is 26.2 Å². The first-order valence-corrected chi connectivity index (χ1v) is 10.6. The summed E-state index contributed by atoms with van der Waals surface area (Å²) in [5.74, 6) is 0.391. The molecule has 0 bridgehead atoms. The lowest BCUT2D eigenvalue weighted by Gasteiger charge is -2.31. The summed E-state index contributed by atoms with van der Waals surface area (Å²) in [4.78, 5) is 28.8. The number of rotatable bonds is 10. The van der Waals surface area contributed by atoms with Crippen LogP contribution in [0.25, 0.3) is 10.9 Å². The molecule has 2 amide bonds. The van der Waals surface area contributed by atoms with Crippen LogP contribution < -0.4 is 10.8 Å². The lowest BCUT2D eigenvalue weighted by molar-refractivity contribution is -0.129. The molecule has 1 aliphatic heterocycles. The highest BCUT2D eigenvalue weighted by molar-refractivity contribution is 5.83. The van der Waals surface area contributed by atoms with Crippen molar-refractivity contribution in [1.29, 1.82) is 0 Å². The zero-order valence-corrected chi connectivity index (χ0v) is 17.0. The van der Waals surface area contributed by atoms with Crippen molar-refractivity contribution in [2.45, 2.75) is 44.9 Å². The monoisotopic (exact) mass is 400 g/mol. The van der Waals surface area contributed by atoms with Crippen LogP contribution in [0.3, 0.4) is 0 Å². The normalized spacial score (nSPS) is 15.5. The molecule has 0 aliphatic carbocycles. The van der Waals surface area contributed by atoms with Gasteiger partial charge in [0.1, 0.15) is 0 Å². The molecule has 0 saturated carbocycles. The van der Waals surface area contributed by atoms with Crippen LogP contribution in [0, 0.1) is 5.92 Å². The van der Waals surface area contributed by atoms with Crippen LogP contribution in [0.15, 0.2) is 30.5 Å². The number of nitrogens with zero attached hydrogens (tertiary/aromatic N) is 1. The summed E-state index contributed by atoms with van der Waals surface area (Å²) in [5, 5.41) is 12.8. The second kappa shape index (κ2) is 11.0. The molecule has 1 fully saturated rings. The average Bonchev–Trinajstić information content (AvgIpc) is 3.15.